The molecule has 0 aliphatic carbocycles. The molecule has 0 fully saturated rings. The van der Waals surface area contributed by atoms with Gasteiger partial charge in [-0.05, 0) is 19.8 Å². The Balaban J connectivity index is 4.68. The number of carbonyl (C=O) groups is 2. The Hall–Kier alpha value is -1.30. The van der Waals surface area contributed by atoms with Crippen LogP contribution >= 0.6 is 0 Å². The van der Waals surface area contributed by atoms with Crippen molar-refractivity contribution in [3.8, 4) is 0 Å². The molecule has 0 spiro atoms. The van der Waals surface area contributed by atoms with Crippen LogP contribution in [0.1, 0.15) is 27.7 Å². The van der Waals surface area contributed by atoms with E-state index in [0.717, 1.165) is 0 Å². The second-order valence-corrected chi connectivity index (χ2v) is 5.04. The molecule has 2 amide bonds. The van der Waals surface area contributed by atoms with Crippen LogP contribution in [0.25, 0.3) is 0 Å². The van der Waals surface area contributed by atoms with Crippen molar-refractivity contribution in [3.63, 3.8) is 0 Å². The van der Waals surface area contributed by atoms with Crippen molar-refractivity contribution < 1.29 is 19.8 Å². The van der Waals surface area contributed by atoms with Crippen LogP contribution in [0.3, 0.4) is 0 Å². The highest BCUT2D eigenvalue weighted by Gasteiger charge is 2.30. The van der Waals surface area contributed by atoms with Gasteiger partial charge in [-0.25, -0.2) is 9.59 Å². The summed E-state index contributed by atoms with van der Waals surface area (Å²) in [5, 5.41) is 20.5. The van der Waals surface area contributed by atoms with Crippen LogP contribution in [0.2, 0.25) is 0 Å². The maximum atomic E-state index is 11.8. The van der Waals surface area contributed by atoms with Crippen LogP contribution in [0, 0.1) is 5.92 Å². The largest absolute Gasteiger partial charge is 0.480 e. The first-order valence-corrected chi connectivity index (χ1v) is 5.51. The summed E-state index contributed by atoms with van der Waals surface area (Å²) in [7, 11) is 1.52. The minimum Gasteiger partial charge on any atom is -0.480 e. The number of hydrogen-bond acceptors (Lipinski definition) is 3. The maximum absolute atomic E-state index is 11.8. The third kappa shape index (κ3) is 4.22. The molecule has 17 heavy (non-hydrogen) atoms. The van der Waals surface area contributed by atoms with Crippen LogP contribution in [-0.4, -0.2) is 52.3 Å². The van der Waals surface area contributed by atoms with Gasteiger partial charge in [0.1, 0.15) is 6.04 Å². The van der Waals surface area contributed by atoms with Gasteiger partial charge in [-0.3, -0.25) is 0 Å². The predicted octanol–water partition coefficient (Wildman–Crippen LogP) is 0.508. The van der Waals surface area contributed by atoms with Gasteiger partial charge in [0.15, 0.2) is 0 Å². The first-order valence-electron chi connectivity index (χ1n) is 5.51. The molecular weight excluding hydrogens is 224 g/mol. The lowest BCUT2D eigenvalue weighted by Crippen LogP contribution is -2.56. The number of aliphatic hydroxyl groups is 1. The number of aliphatic hydroxyl groups excluding tert-OH is 1. The third-order valence-electron chi connectivity index (χ3n) is 2.81. The summed E-state index contributed by atoms with van der Waals surface area (Å²) in [4.78, 5) is 24.0. The number of carbonyl (C=O) groups excluding carboxylic acids is 1. The van der Waals surface area contributed by atoms with Crippen LogP contribution < -0.4 is 5.32 Å². The molecule has 3 N–H and O–H groups in total. The van der Waals surface area contributed by atoms with Crippen LogP contribution in [0.5, 0.6) is 0 Å². The summed E-state index contributed by atoms with van der Waals surface area (Å²) >= 11 is 0. The lowest BCUT2D eigenvalue weighted by molar-refractivity contribution is -0.140. The van der Waals surface area contributed by atoms with E-state index >= 15 is 0 Å². The number of nitrogens with zero attached hydrogens (tertiary/aromatic N) is 1. The van der Waals surface area contributed by atoms with Crippen molar-refractivity contribution in [3.05, 3.63) is 0 Å². The van der Waals surface area contributed by atoms with Crippen molar-refractivity contribution in [2.24, 2.45) is 5.92 Å². The van der Waals surface area contributed by atoms with E-state index in [-0.39, 0.29) is 12.5 Å². The highest BCUT2D eigenvalue weighted by Crippen LogP contribution is 2.12. The zero-order chi connectivity index (χ0) is 13.8. The van der Waals surface area contributed by atoms with Crippen molar-refractivity contribution in [2.45, 2.75) is 39.3 Å². The molecule has 0 radical (unpaired) electrons. The summed E-state index contributed by atoms with van der Waals surface area (Å²) in [5.41, 5.74) is -0.732. The molecule has 0 aromatic rings. The Labute approximate surface area is 102 Å². The Kier molecular flexibility index (Phi) is 5.41. The molecule has 0 heterocycles. The van der Waals surface area contributed by atoms with E-state index in [1.165, 1.54) is 11.9 Å². The van der Waals surface area contributed by atoms with Gasteiger partial charge >= 0.3 is 12.0 Å². The number of urea groups is 1. The normalized spacial score (nSPS) is 13.4. The number of rotatable bonds is 5. The highest BCUT2D eigenvalue weighted by atomic mass is 16.4. The van der Waals surface area contributed by atoms with Crippen molar-refractivity contribution in [1.82, 2.24) is 10.2 Å². The molecule has 0 saturated carbocycles. The first kappa shape index (κ1) is 15.7. The number of hydrogen-bond donors (Lipinski definition) is 3. The minimum absolute atomic E-state index is 0.198. The van der Waals surface area contributed by atoms with Crippen molar-refractivity contribution in [1.29, 1.82) is 0 Å². The molecular formula is C11H22N2O4. The van der Waals surface area contributed by atoms with Gasteiger partial charge in [0, 0.05) is 7.05 Å². The molecule has 0 bridgehead atoms. The van der Waals surface area contributed by atoms with E-state index in [0.29, 0.717) is 0 Å². The Morgan fingerprint density at radius 3 is 2.12 bits per heavy atom. The van der Waals surface area contributed by atoms with E-state index in [4.69, 9.17) is 10.2 Å². The second-order valence-electron chi connectivity index (χ2n) is 5.04. The van der Waals surface area contributed by atoms with Crippen LogP contribution in [0.4, 0.5) is 4.79 Å². The second kappa shape index (κ2) is 5.86. The predicted molar refractivity (Wildman–Crippen MR) is 63.7 cm³/mol. The smallest absolute Gasteiger partial charge is 0.326 e. The molecule has 0 unspecified atom stereocenters. The summed E-state index contributed by atoms with van der Waals surface area (Å²) in [6, 6.07) is -1.44. The zero-order valence-corrected chi connectivity index (χ0v) is 11.0. The van der Waals surface area contributed by atoms with Gasteiger partial charge in [-0.15, -0.1) is 0 Å². The number of nitrogens with one attached hydrogen (secondary N) is 1. The van der Waals surface area contributed by atoms with Crippen molar-refractivity contribution >= 4 is 12.0 Å². The van der Waals surface area contributed by atoms with E-state index in [1.807, 2.05) is 0 Å². The van der Waals surface area contributed by atoms with Gasteiger partial charge in [0.2, 0.25) is 0 Å². The number of carboxylic acids is 1. The topological polar surface area (TPSA) is 89.9 Å². The fourth-order valence-corrected chi connectivity index (χ4v) is 1.12. The van der Waals surface area contributed by atoms with Gasteiger partial charge in [-0.1, -0.05) is 13.8 Å². The molecule has 6 nitrogen and oxygen atoms in total. The average Bonchev–Trinajstić information content (AvgIpc) is 2.23. The zero-order valence-electron chi connectivity index (χ0n) is 11.0. The molecule has 0 aromatic carbocycles. The van der Waals surface area contributed by atoms with Crippen LogP contribution in [0.15, 0.2) is 0 Å². The van der Waals surface area contributed by atoms with E-state index in [1.54, 1.807) is 27.7 Å². The van der Waals surface area contributed by atoms with Crippen LogP contribution in [-0.2, 0) is 4.79 Å². The lowest BCUT2D eigenvalue weighted by Gasteiger charge is -2.35. The van der Waals surface area contributed by atoms with E-state index in [2.05, 4.69) is 5.32 Å². The molecule has 0 aromatic heterocycles. The monoisotopic (exact) mass is 246 g/mol. The Morgan fingerprint density at radius 2 is 1.82 bits per heavy atom. The lowest BCUT2D eigenvalue weighted by atomic mass is 10.0. The number of aliphatic carboxylic acids is 1. The third-order valence-corrected chi connectivity index (χ3v) is 2.81. The highest BCUT2D eigenvalue weighted by molar-refractivity contribution is 5.83. The first-order chi connectivity index (χ1) is 7.63. The summed E-state index contributed by atoms with van der Waals surface area (Å²) < 4.78 is 0. The molecule has 0 aliphatic rings. The van der Waals surface area contributed by atoms with Gasteiger partial charge in [0.25, 0.3) is 0 Å². The molecule has 0 rings (SSSR count). The van der Waals surface area contributed by atoms with E-state index in [9.17, 15) is 9.59 Å². The number of carboxylic acid groups (broad SMARTS) is 1. The summed E-state index contributed by atoms with van der Waals surface area (Å²) in [6.45, 7) is 6.62. The summed E-state index contributed by atoms with van der Waals surface area (Å²) in [6.07, 6.45) is 0. The Bertz CT molecular complexity index is 289. The van der Waals surface area contributed by atoms with Gasteiger partial charge < -0.3 is 20.4 Å². The van der Waals surface area contributed by atoms with Crippen molar-refractivity contribution in [2.75, 3.05) is 13.7 Å². The van der Waals surface area contributed by atoms with E-state index < -0.39 is 23.6 Å². The van der Waals surface area contributed by atoms with Gasteiger partial charge in [0.05, 0.1) is 12.1 Å². The standard InChI is InChI=1S/C11H22N2O4/c1-7(2)8(9(15)16)12-10(17)13(5)11(3,4)6-14/h7-8,14H,6H2,1-5H3,(H,12,17)(H,15,16)/t8-/m0/s1. The maximum Gasteiger partial charge on any atom is 0.326 e. The molecule has 100 valence electrons. The Morgan fingerprint density at radius 1 is 1.35 bits per heavy atom. The fourth-order valence-electron chi connectivity index (χ4n) is 1.12. The van der Waals surface area contributed by atoms with Gasteiger partial charge in [-0.2, -0.15) is 0 Å². The fraction of sp³-hybridized carbons (Fsp3) is 0.818. The SMILES string of the molecule is CC(C)[C@H](NC(=O)N(C)C(C)(C)CO)C(=O)O. The summed E-state index contributed by atoms with van der Waals surface area (Å²) in [5.74, 6) is -1.27. The molecule has 6 heteroatoms. The molecule has 0 saturated heterocycles. The number of likely N-dealkylation sites (N-methyl/N-ethyl adjacent to an activating group) is 1. The number of amides is 2. The minimum atomic E-state index is -1.07. The molecule has 1 atom stereocenters. The average molecular weight is 246 g/mol. The quantitative estimate of drug-likeness (QED) is 0.659. The molecule has 0 aliphatic heterocycles.